The Morgan fingerprint density at radius 3 is 2.61 bits per heavy atom. The predicted octanol–water partition coefficient (Wildman–Crippen LogP) is 4.63. The fraction of sp³-hybridized carbons (Fsp3) is 0.700. The van der Waals surface area contributed by atoms with E-state index in [2.05, 4.69) is 36.4 Å². The van der Waals surface area contributed by atoms with Crippen LogP contribution in [0.15, 0.2) is 23.8 Å². The molecule has 0 bridgehead atoms. The van der Waals surface area contributed by atoms with E-state index in [9.17, 15) is 9.59 Å². The van der Waals surface area contributed by atoms with Crippen molar-refractivity contribution in [1.82, 2.24) is 0 Å². The number of carbonyl (C=O) groups excluding carboxylic acids is 2. The first-order valence-electron chi connectivity index (χ1n) is 8.89. The molecule has 23 heavy (non-hydrogen) atoms. The molecule has 4 aliphatic rings. The predicted molar refractivity (Wildman–Crippen MR) is 94.3 cm³/mol. The lowest BCUT2D eigenvalue weighted by Crippen LogP contribution is -2.52. The highest BCUT2D eigenvalue weighted by atomic mass is 79.9. The van der Waals surface area contributed by atoms with Gasteiger partial charge < -0.3 is 0 Å². The quantitative estimate of drug-likeness (QED) is 0.577. The number of hydrogen-bond donors (Lipinski definition) is 0. The number of ketones is 2. The summed E-state index contributed by atoms with van der Waals surface area (Å²) in [5.74, 6) is 2.32. The summed E-state index contributed by atoms with van der Waals surface area (Å²) in [4.78, 5) is 24.6. The summed E-state index contributed by atoms with van der Waals surface area (Å²) in [5.41, 5.74) is 2.28. The second kappa shape index (κ2) is 4.91. The molecule has 0 aliphatic heterocycles. The Balaban J connectivity index is 1.77. The van der Waals surface area contributed by atoms with Crippen LogP contribution in [-0.4, -0.2) is 16.4 Å². The van der Waals surface area contributed by atoms with Crippen molar-refractivity contribution in [3.63, 3.8) is 0 Å². The first kappa shape index (κ1) is 15.8. The van der Waals surface area contributed by atoms with Crippen LogP contribution in [0.25, 0.3) is 0 Å². The molecule has 3 fully saturated rings. The number of alkyl halides is 1. The summed E-state index contributed by atoms with van der Waals surface area (Å²) in [7, 11) is 0. The number of allylic oxidation sites excluding steroid dienone is 2. The molecule has 0 aromatic carbocycles. The normalized spacial score (nSPS) is 49.3. The molecular weight excluding hydrogens is 352 g/mol. The smallest absolute Gasteiger partial charge is 0.169 e. The highest BCUT2D eigenvalue weighted by Gasteiger charge is 2.60. The summed E-state index contributed by atoms with van der Waals surface area (Å²) in [5, 5.41) is 0. The molecular formula is C20H25BrO2. The van der Waals surface area contributed by atoms with E-state index in [1.165, 1.54) is 5.57 Å². The first-order chi connectivity index (χ1) is 10.8. The molecule has 0 N–H and O–H groups in total. The molecule has 124 valence electrons. The Morgan fingerprint density at radius 2 is 1.87 bits per heavy atom. The lowest BCUT2D eigenvalue weighted by atomic mass is 9.47. The Morgan fingerprint density at radius 1 is 1.17 bits per heavy atom. The second-order valence-corrected chi connectivity index (χ2v) is 9.76. The van der Waals surface area contributed by atoms with Crippen LogP contribution >= 0.6 is 15.9 Å². The van der Waals surface area contributed by atoms with E-state index in [1.54, 1.807) is 0 Å². The molecule has 0 amide bonds. The van der Waals surface area contributed by atoms with E-state index in [1.807, 2.05) is 6.08 Å². The van der Waals surface area contributed by atoms with Crippen LogP contribution in [-0.2, 0) is 9.59 Å². The molecule has 0 saturated heterocycles. The number of rotatable bonds is 0. The molecule has 0 spiro atoms. The minimum absolute atomic E-state index is 0.0368. The summed E-state index contributed by atoms with van der Waals surface area (Å²) in [6.07, 6.45) is 7.64. The standard InChI is InChI=1S/C20H25BrO2/c1-11-8-12-13-4-5-18(23)19(13,2)7-6-14(12)20(3)10-16(21)17(22)9-15(11)20/h9,12-14,16H,1,4-8,10H2,2-3H3/t12?,13?,14?,16?,19-,20+/m0/s1. The summed E-state index contributed by atoms with van der Waals surface area (Å²) in [6.45, 7) is 8.87. The number of halogens is 1. The van der Waals surface area contributed by atoms with Gasteiger partial charge in [0, 0.05) is 11.8 Å². The van der Waals surface area contributed by atoms with Gasteiger partial charge in [-0.1, -0.05) is 41.9 Å². The molecule has 0 radical (unpaired) electrons. The van der Waals surface area contributed by atoms with Gasteiger partial charge in [0.25, 0.3) is 0 Å². The maximum atomic E-state index is 12.5. The number of fused-ring (bicyclic) bond motifs is 5. The van der Waals surface area contributed by atoms with Crippen molar-refractivity contribution in [1.29, 1.82) is 0 Å². The molecule has 6 atom stereocenters. The zero-order valence-electron chi connectivity index (χ0n) is 14.0. The third-order valence-electron chi connectivity index (χ3n) is 7.64. The summed E-state index contributed by atoms with van der Waals surface area (Å²) < 4.78 is 0. The van der Waals surface area contributed by atoms with Crippen molar-refractivity contribution >= 4 is 27.5 Å². The zero-order valence-corrected chi connectivity index (χ0v) is 15.6. The fourth-order valence-electron chi connectivity index (χ4n) is 6.37. The van der Waals surface area contributed by atoms with Crippen LogP contribution < -0.4 is 0 Å². The molecule has 3 heteroatoms. The van der Waals surface area contributed by atoms with Gasteiger partial charge in [-0.2, -0.15) is 0 Å². The molecule has 0 heterocycles. The number of Topliss-reactive ketones (excluding diaryl/α,β-unsaturated/α-hetero) is 1. The van der Waals surface area contributed by atoms with Gasteiger partial charge in [0.05, 0.1) is 4.83 Å². The van der Waals surface area contributed by atoms with Gasteiger partial charge in [-0.15, -0.1) is 0 Å². The van der Waals surface area contributed by atoms with Crippen LogP contribution in [0.2, 0.25) is 0 Å². The molecule has 2 nitrogen and oxygen atoms in total. The van der Waals surface area contributed by atoms with Gasteiger partial charge in [0.15, 0.2) is 5.78 Å². The average molecular weight is 377 g/mol. The van der Waals surface area contributed by atoms with Crippen LogP contribution in [0.3, 0.4) is 0 Å². The number of carbonyl (C=O) groups is 2. The molecule has 0 aromatic rings. The van der Waals surface area contributed by atoms with Crippen LogP contribution in [0, 0.1) is 28.6 Å². The maximum absolute atomic E-state index is 12.5. The molecule has 4 rings (SSSR count). The molecule has 0 aromatic heterocycles. The lowest BCUT2D eigenvalue weighted by molar-refractivity contribution is -0.131. The van der Waals surface area contributed by atoms with Crippen molar-refractivity contribution in [3.05, 3.63) is 23.8 Å². The van der Waals surface area contributed by atoms with Crippen LogP contribution in [0.5, 0.6) is 0 Å². The molecule has 4 unspecified atom stereocenters. The fourth-order valence-corrected chi connectivity index (χ4v) is 7.17. The third-order valence-corrected chi connectivity index (χ3v) is 8.42. The molecule has 4 aliphatic carbocycles. The van der Waals surface area contributed by atoms with Gasteiger partial charge in [0.1, 0.15) is 5.78 Å². The van der Waals surface area contributed by atoms with E-state index < -0.39 is 0 Å². The first-order valence-corrected chi connectivity index (χ1v) is 9.80. The van der Waals surface area contributed by atoms with Gasteiger partial charge in [-0.25, -0.2) is 0 Å². The second-order valence-electron chi connectivity index (χ2n) is 8.65. The molecule has 3 saturated carbocycles. The minimum Gasteiger partial charge on any atom is -0.299 e. The van der Waals surface area contributed by atoms with Crippen molar-refractivity contribution in [2.75, 3.05) is 0 Å². The van der Waals surface area contributed by atoms with E-state index in [4.69, 9.17) is 0 Å². The van der Waals surface area contributed by atoms with E-state index in [0.29, 0.717) is 23.5 Å². The summed E-state index contributed by atoms with van der Waals surface area (Å²) >= 11 is 3.59. The highest BCUT2D eigenvalue weighted by Crippen LogP contribution is 2.65. The Hall–Kier alpha value is -0.700. The van der Waals surface area contributed by atoms with Gasteiger partial charge >= 0.3 is 0 Å². The Labute approximate surface area is 146 Å². The maximum Gasteiger partial charge on any atom is 0.169 e. The van der Waals surface area contributed by atoms with Crippen molar-refractivity contribution in [2.45, 2.75) is 57.2 Å². The third kappa shape index (κ3) is 1.98. The Kier molecular flexibility index (Phi) is 3.37. The van der Waals surface area contributed by atoms with E-state index in [0.717, 1.165) is 44.1 Å². The zero-order chi connectivity index (χ0) is 16.6. The average Bonchev–Trinajstić information content (AvgIpc) is 2.78. The van der Waals surface area contributed by atoms with Crippen LogP contribution in [0.4, 0.5) is 0 Å². The Bertz CT molecular complexity index is 648. The minimum atomic E-state index is -0.0999. The topological polar surface area (TPSA) is 34.1 Å². The number of hydrogen-bond acceptors (Lipinski definition) is 2. The highest BCUT2D eigenvalue weighted by molar-refractivity contribution is 9.10. The SMILES string of the molecule is C=C1CC2C(CC[C@]3(C)C(=O)CCC23)[C@@]2(C)CC(Br)C(=O)C=C12. The van der Waals surface area contributed by atoms with Gasteiger partial charge in [-0.3, -0.25) is 9.59 Å². The van der Waals surface area contributed by atoms with E-state index >= 15 is 0 Å². The van der Waals surface area contributed by atoms with Crippen LogP contribution in [0.1, 0.15) is 52.4 Å². The van der Waals surface area contributed by atoms with Crippen molar-refractivity contribution in [2.24, 2.45) is 28.6 Å². The monoisotopic (exact) mass is 376 g/mol. The summed E-state index contributed by atoms with van der Waals surface area (Å²) in [6, 6.07) is 0. The van der Waals surface area contributed by atoms with Gasteiger partial charge in [-0.05, 0) is 66.9 Å². The van der Waals surface area contributed by atoms with Crippen molar-refractivity contribution < 1.29 is 9.59 Å². The lowest BCUT2D eigenvalue weighted by Gasteiger charge is -2.57. The largest absolute Gasteiger partial charge is 0.299 e. The van der Waals surface area contributed by atoms with Gasteiger partial charge in [0.2, 0.25) is 0 Å². The van der Waals surface area contributed by atoms with E-state index in [-0.39, 0.29) is 21.4 Å². The van der Waals surface area contributed by atoms with Crippen molar-refractivity contribution in [3.8, 4) is 0 Å².